The highest BCUT2D eigenvalue weighted by molar-refractivity contribution is 8.00. The van der Waals surface area contributed by atoms with E-state index < -0.39 is 12.0 Å². The van der Waals surface area contributed by atoms with E-state index in [1.807, 2.05) is 6.92 Å². The summed E-state index contributed by atoms with van der Waals surface area (Å²) in [5, 5.41) is 12.0. The molecule has 2 saturated heterocycles. The predicted molar refractivity (Wildman–Crippen MR) is 78.4 cm³/mol. The van der Waals surface area contributed by atoms with E-state index >= 15 is 0 Å². The molecule has 120 valence electrons. The normalized spacial score (nSPS) is 29.4. The molecule has 0 aliphatic carbocycles. The molecule has 0 aromatic carbocycles. The first-order valence-corrected chi connectivity index (χ1v) is 8.28. The van der Waals surface area contributed by atoms with Gasteiger partial charge in [0, 0.05) is 12.3 Å². The van der Waals surface area contributed by atoms with Gasteiger partial charge in [-0.2, -0.15) is 0 Å². The van der Waals surface area contributed by atoms with Gasteiger partial charge >= 0.3 is 12.0 Å². The van der Waals surface area contributed by atoms with Crippen molar-refractivity contribution in [2.24, 2.45) is 0 Å². The predicted octanol–water partition coefficient (Wildman–Crippen LogP) is 0.740. The monoisotopic (exact) mass is 318 g/mol. The summed E-state index contributed by atoms with van der Waals surface area (Å²) in [7, 11) is 0. The second-order valence-corrected chi connectivity index (χ2v) is 6.30. The molecule has 7 nitrogen and oxygen atoms in total. The third-order valence-corrected chi connectivity index (χ3v) is 4.87. The minimum absolute atomic E-state index is 0.0698. The third kappa shape index (κ3) is 4.24. The average Bonchev–Trinajstić information content (AvgIpc) is 2.90. The summed E-state index contributed by atoms with van der Waals surface area (Å²) in [4.78, 5) is 25.1. The highest BCUT2D eigenvalue weighted by Gasteiger charge is 2.41. The Morgan fingerprint density at radius 2 is 2.24 bits per heavy atom. The van der Waals surface area contributed by atoms with Crippen LogP contribution < -0.4 is 5.32 Å². The van der Waals surface area contributed by atoms with Crippen LogP contribution in [0.1, 0.15) is 19.8 Å². The standard InChI is InChI=1S/C13H22N2O5S/c1-2-3-11-15(10(8-21-11)12(16)17)13(18)14-6-9-7-19-4-5-20-9/h9-11H,2-8H2,1H3,(H,14,18)(H,16,17). The van der Waals surface area contributed by atoms with E-state index in [4.69, 9.17) is 9.47 Å². The molecular weight excluding hydrogens is 296 g/mol. The SMILES string of the molecule is CCCC1SCC(C(=O)O)N1C(=O)NCC1COCCO1. The molecule has 0 aromatic rings. The molecule has 3 unspecified atom stereocenters. The number of thioether (sulfide) groups is 1. The van der Waals surface area contributed by atoms with Gasteiger partial charge in [-0.25, -0.2) is 9.59 Å². The number of carboxylic acids is 1. The minimum atomic E-state index is -0.950. The van der Waals surface area contributed by atoms with Crippen LogP contribution in [0.2, 0.25) is 0 Å². The van der Waals surface area contributed by atoms with E-state index in [0.29, 0.717) is 32.1 Å². The summed E-state index contributed by atoms with van der Waals surface area (Å²) in [5.74, 6) is -0.510. The van der Waals surface area contributed by atoms with Crippen molar-refractivity contribution in [3.05, 3.63) is 0 Å². The van der Waals surface area contributed by atoms with Crippen LogP contribution >= 0.6 is 11.8 Å². The number of nitrogens with zero attached hydrogens (tertiary/aromatic N) is 1. The summed E-state index contributed by atoms with van der Waals surface area (Å²) in [6.45, 7) is 3.92. The Morgan fingerprint density at radius 1 is 1.43 bits per heavy atom. The van der Waals surface area contributed by atoms with Gasteiger partial charge in [-0.05, 0) is 6.42 Å². The molecule has 2 rings (SSSR count). The molecule has 2 heterocycles. The lowest BCUT2D eigenvalue weighted by Crippen LogP contribution is -2.52. The van der Waals surface area contributed by atoms with Crippen LogP contribution in [0.4, 0.5) is 4.79 Å². The summed E-state index contributed by atoms with van der Waals surface area (Å²) in [6, 6.07) is -1.09. The van der Waals surface area contributed by atoms with Gasteiger partial charge < -0.3 is 19.9 Å². The first kappa shape index (κ1) is 16.4. The minimum Gasteiger partial charge on any atom is -0.480 e. The van der Waals surface area contributed by atoms with Gasteiger partial charge in [-0.15, -0.1) is 11.8 Å². The lowest BCUT2D eigenvalue weighted by molar-refractivity contribution is -0.141. The van der Waals surface area contributed by atoms with E-state index in [1.165, 1.54) is 16.7 Å². The van der Waals surface area contributed by atoms with Crippen molar-refractivity contribution >= 4 is 23.8 Å². The second-order valence-electron chi connectivity index (χ2n) is 5.09. The van der Waals surface area contributed by atoms with Gasteiger partial charge in [0.15, 0.2) is 0 Å². The van der Waals surface area contributed by atoms with Crippen LogP contribution in [0.15, 0.2) is 0 Å². The van der Waals surface area contributed by atoms with Crippen molar-refractivity contribution in [1.82, 2.24) is 10.2 Å². The third-order valence-electron chi connectivity index (χ3n) is 3.51. The summed E-state index contributed by atoms with van der Waals surface area (Å²) >= 11 is 1.53. The van der Waals surface area contributed by atoms with Crippen LogP contribution in [0.25, 0.3) is 0 Å². The van der Waals surface area contributed by atoms with Crippen molar-refractivity contribution in [2.75, 3.05) is 32.1 Å². The van der Waals surface area contributed by atoms with Crippen LogP contribution in [0, 0.1) is 0 Å². The number of carbonyl (C=O) groups is 2. The Morgan fingerprint density at radius 3 is 2.86 bits per heavy atom. The van der Waals surface area contributed by atoms with E-state index in [-0.39, 0.29) is 17.5 Å². The Hall–Kier alpha value is -0.990. The number of rotatable bonds is 5. The fourth-order valence-corrected chi connectivity index (χ4v) is 3.96. The molecule has 2 N–H and O–H groups in total. The first-order chi connectivity index (χ1) is 10.1. The molecule has 3 atom stereocenters. The quantitative estimate of drug-likeness (QED) is 0.777. The smallest absolute Gasteiger partial charge is 0.327 e. The molecule has 0 aromatic heterocycles. The number of ether oxygens (including phenoxy) is 2. The molecule has 2 fully saturated rings. The van der Waals surface area contributed by atoms with E-state index in [2.05, 4.69) is 5.32 Å². The topological polar surface area (TPSA) is 88.1 Å². The molecule has 0 spiro atoms. The van der Waals surface area contributed by atoms with Crippen LogP contribution in [-0.4, -0.2) is 71.6 Å². The average molecular weight is 318 g/mol. The van der Waals surface area contributed by atoms with Crippen LogP contribution in [-0.2, 0) is 14.3 Å². The summed E-state index contributed by atoms with van der Waals surface area (Å²) in [5.41, 5.74) is 0. The molecule has 8 heteroatoms. The highest BCUT2D eigenvalue weighted by Crippen LogP contribution is 2.32. The molecule has 0 saturated carbocycles. The lowest BCUT2D eigenvalue weighted by Gasteiger charge is -2.29. The summed E-state index contributed by atoms with van der Waals surface area (Å²) in [6.07, 6.45) is 1.55. The molecule has 21 heavy (non-hydrogen) atoms. The number of carbonyl (C=O) groups excluding carboxylic acids is 1. The first-order valence-electron chi connectivity index (χ1n) is 7.23. The molecule has 0 radical (unpaired) electrons. The van der Waals surface area contributed by atoms with E-state index in [1.54, 1.807) is 0 Å². The van der Waals surface area contributed by atoms with Crippen molar-refractivity contribution in [2.45, 2.75) is 37.3 Å². The van der Waals surface area contributed by atoms with Gasteiger partial charge in [0.2, 0.25) is 0 Å². The molecule has 2 aliphatic rings. The van der Waals surface area contributed by atoms with E-state index in [0.717, 1.165) is 12.8 Å². The zero-order chi connectivity index (χ0) is 15.2. The number of amides is 2. The van der Waals surface area contributed by atoms with Gasteiger partial charge in [0.1, 0.15) is 6.04 Å². The fraction of sp³-hybridized carbons (Fsp3) is 0.846. The number of hydrogen-bond acceptors (Lipinski definition) is 5. The lowest BCUT2D eigenvalue weighted by atomic mass is 10.2. The molecule has 2 aliphatic heterocycles. The van der Waals surface area contributed by atoms with Crippen molar-refractivity contribution in [3.8, 4) is 0 Å². The van der Waals surface area contributed by atoms with Crippen molar-refractivity contribution < 1.29 is 24.2 Å². The fourth-order valence-electron chi connectivity index (χ4n) is 2.44. The molecule has 2 amide bonds. The zero-order valence-corrected chi connectivity index (χ0v) is 12.9. The maximum Gasteiger partial charge on any atom is 0.327 e. The van der Waals surface area contributed by atoms with Gasteiger partial charge in [0.05, 0.1) is 31.3 Å². The highest BCUT2D eigenvalue weighted by atomic mass is 32.2. The van der Waals surface area contributed by atoms with Gasteiger partial charge in [0.25, 0.3) is 0 Å². The Kier molecular flexibility index (Phi) is 6.13. The van der Waals surface area contributed by atoms with Crippen molar-refractivity contribution in [1.29, 1.82) is 0 Å². The second kappa shape index (κ2) is 7.86. The number of aliphatic carboxylic acids is 1. The van der Waals surface area contributed by atoms with Crippen LogP contribution in [0.5, 0.6) is 0 Å². The van der Waals surface area contributed by atoms with E-state index in [9.17, 15) is 14.7 Å². The maximum atomic E-state index is 12.3. The maximum absolute atomic E-state index is 12.3. The molecular formula is C13H22N2O5S. The van der Waals surface area contributed by atoms with Gasteiger partial charge in [-0.3, -0.25) is 4.90 Å². The number of hydrogen-bond donors (Lipinski definition) is 2. The Bertz CT molecular complexity index is 376. The number of nitrogens with one attached hydrogen (secondary N) is 1. The Labute approximate surface area is 128 Å². The van der Waals surface area contributed by atoms with Gasteiger partial charge in [-0.1, -0.05) is 13.3 Å². The van der Waals surface area contributed by atoms with Crippen molar-refractivity contribution in [3.63, 3.8) is 0 Å². The number of urea groups is 1. The largest absolute Gasteiger partial charge is 0.480 e. The summed E-state index contributed by atoms with van der Waals surface area (Å²) < 4.78 is 10.7. The Balaban J connectivity index is 1.91. The zero-order valence-electron chi connectivity index (χ0n) is 12.1. The molecule has 0 bridgehead atoms. The number of carboxylic acid groups (broad SMARTS) is 1. The van der Waals surface area contributed by atoms with Crippen LogP contribution in [0.3, 0.4) is 0 Å².